The number of carbonyl (C=O) groups excluding carboxylic acids is 2. The summed E-state index contributed by atoms with van der Waals surface area (Å²) in [6, 6.07) is 0. The smallest absolute Gasteiger partial charge is 0.339 e. The van der Waals surface area contributed by atoms with Crippen molar-refractivity contribution in [2.75, 3.05) is 13.2 Å². The van der Waals surface area contributed by atoms with E-state index in [-0.39, 0.29) is 40.4 Å². The number of carbonyl (C=O) groups is 2. The van der Waals surface area contributed by atoms with E-state index in [1.165, 1.54) is 13.8 Å². The quantitative estimate of drug-likeness (QED) is 0.0881. The van der Waals surface area contributed by atoms with Gasteiger partial charge in [0.2, 0.25) is 0 Å². The van der Waals surface area contributed by atoms with E-state index in [9.17, 15) is 50.4 Å². The summed E-state index contributed by atoms with van der Waals surface area (Å²) in [4.78, 5) is 25.6. The van der Waals surface area contributed by atoms with Crippen molar-refractivity contribution in [1.82, 2.24) is 0 Å². The van der Waals surface area contributed by atoms with Gasteiger partial charge in [0, 0.05) is 19.3 Å². The Kier molecular flexibility index (Phi) is 14.3. The predicted octanol–water partition coefficient (Wildman–Crippen LogP) is 1.76. The van der Waals surface area contributed by atoms with Crippen LogP contribution in [0, 0.1) is 45.3 Å². The Hall–Kier alpha value is -1.88. The molecule has 4 saturated heterocycles. The van der Waals surface area contributed by atoms with Crippen molar-refractivity contribution in [1.29, 1.82) is 0 Å². The van der Waals surface area contributed by atoms with E-state index in [0.717, 1.165) is 50.5 Å². The molecular weight excluding hydrogens is 877 g/mol. The number of hydrogen-bond donors (Lipinski definition) is 8. The molecule has 8 rings (SSSR count). The van der Waals surface area contributed by atoms with E-state index < -0.39 is 134 Å². The molecule has 4 aliphatic carbocycles. The van der Waals surface area contributed by atoms with Crippen LogP contribution >= 0.6 is 0 Å². The molecule has 8 fully saturated rings. The van der Waals surface area contributed by atoms with E-state index in [0.29, 0.717) is 12.3 Å². The largest absolute Gasteiger partial charge is 0.463 e. The molecule has 0 bridgehead atoms. The van der Waals surface area contributed by atoms with E-state index in [2.05, 4.69) is 34.6 Å². The van der Waals surface area contributed by atoms with E-state index in [4.69, 9.17) is 37.9 Å². The van der Waals surface area contributed by atoms with Gasteiger partial charge in [-0.15, -0.1) is 0 Å². The van der Waals surface area contributed by atoms with Gasteiger partial charge in [-0.2, -0.15) is 0 Å². The van der Waals surface area contributed by atoms with Gasteiger partial charge in [-0.1, -0.05) is 40.2 Å². The van der Waals surface area contributed by atoms with Crippen molar-refractivity contribution >= 4 is 11.9 Å². The van der Waals surface area contributed by atoms with Crippen LogP contribution in [0.15, 0.2) is 11.6 Å². The molecule has 0 aromatic carbocycles. The highest BCUT2D eigenvalue weighted by Gasteiger charge is 2.71. The molecule has 67 heavy (non-hydrogen) atoms. The van der Waals surface area contributed by atoms with E-state index in [1.807, 2.05) is 19.9 Å². The van der Waals surface area contributed by atoms with Crippen LogP contribution in [0.2, 0.25) is 0 Å². The molecule has 0 spiro atoms. The number of aliphatic hydroxyl groups excluding tert-OH is 7. The molecule has 4 aliphatic heterocycles. The lowest BCUT2D eigenvalue weighted by molar-refractivity contribution is -0.395. The lowest BCUT2D eigenvalue weighted by atomic mass is 9.35. The van der Waals surface area contributed by atoms with Crippen molar-refractivity contribution in [3.63, 3.8) is 0 Å². The molecule has 8 N–H and O–H groups in total. The SMILES string of the molecule is CC(=O)OC[C@H]1O[C@@H](O[C@H]2CC[C@]3(C)[C@H]4CC[C@@H]5[C@@H]([C@@]6(O)C[C@H](C=C(C)C)OC6=O)CC[C@@]5(C)[C@]4(C)CC[C@H]3C2(C)C)[C@H](O[C@@H]2O[C@@H](C)[C@H](O)[C@@H](O)[C@H]2O)[C@@H](O[C@@H]2OC[C@@H](O)[C@H](O)[C@H]2O)[C@@H]1O. The van der Waals surface area contributed by atoms with Crippen LogP contribution in [0.4, 0.5) is 0 Å². The van der Waals surface area contributed by atoms with Gasteiger partial charge >= 0.3 is 11.9 Å². The molecule has 0 amide bonds. The number of hydrogen-bond acceptors (Lipinski definition) is 18. The molecule has 0 aromatic rings. The van der Waals surface area contributed by atoms with Crippen LogP contribution in [-0.4, -0.2) is 170 Å². The van der Waals surface area contributed by atoms with Crippen molar-refractivity contribution in [3.8, 4) is 0 Å². The minimum Gasteiger partial charge on any atom is -0.463 e. The summed E-state index contributed by atoms with van der Waals surface area (Å²) in [5.41, 5.74) is -1.32. The predicted molar refractivity (Wildman–Crippen MR) is 234 cm³/mol. The van der Waals surface area contributed by atoms with Gasteiger partial charge in [0.05, 0.1) is 18.8 Å². The zero-order chi connectivity index (χ0) is 48.9. The normalized spacial score (nSPS) is 52.9. The first-order valence-corrected chi connectivity index (χ1v) is 24.7. The van der Waals surface area contributed by atoms with E-state index in [1.54, 1.807) is 0 Å². The van der Waals surface area contributed by atoms with Gasteiger partial charge in [-0.05, 0) is 118 Å². The first-order valence-electron chi connectivity index (χ1n) is 24.7. The summed E-state index contributed by atoms with van der Waals surface area (Å²) in [5, 5.41) is 88.2. The highest BCUT2D eigenvalue weighted by molar-refractivity contribution is 5.82. The summed E-state index contributed by atoms with van der Waals surface area (Å²) in [6.07, 6.45) is -13.4. The fourth-order valence-corrected chi connectivity index (χ4v) is 15.1. The number of allylic oxidation sites excluding steroid dienone is 1. The standard InChI is InChI=1S/C49H78O18/c1-22(2)18-25-19-49(59,44(58)63-25)27-12-16-47(8)26(27)10-11-31-46(7)15-14-32(45(5,6)30(46)13-17-48(31,47)9)65-43-40(67-42-38(57)36(55)33(52)23(3)62-42)39(35(54)29(64-43)21-60-24(4)50)66-41-37(56)34(53)28(51)20-61-41/h18,23,25-43,51-57,59H,10-17,19-21H2,1-9H3/t23-,25-,26+,27-,28+,29+,30-,31+,32-,33-,34-,35+,36+,37+,38+,39-,40+,41-,42-,43-,46-,47+,48+,49-/m0/s1. The molecule has 4 saturated carbocycles. The zero-order valence-corrected chi connectivity index (χ0v) is 40.6. The Morgan fingerprint density at radius 1 is 0.701 bits per heavy atom. The number of esters is 2. The maximum absolute atomic E-state index is 13.5. The Morgan fingerprint density at radius 3 is 2.06 bits per heavy atom. The first-order chi connectivity index (χ1) is 31.3. The second kappa shape index (κ2) is 18.6. The van der Waals surface area contributed by atoms with Gasteiger partial charge in [0.25, 0.3) is 0 Å². The van der Waals surface area contributed by atoms with Gasteiger partial charge in [0.15, 0.2) is 24.5 Å². The summed E-state index contributed by atoms with van der Waals surface area (Å²) in [7, 11) is 0. The maximum atomic E-state index is 13.5. The maximum Gasteiger partial charge on any atom is 0.339 e. The minimum absolute atomic E-state index is 0.0839. The number of ether oxygens (including phenoxy) is 8. The number of aliphatic hydroxyl groups is 8. The number of rotatable bonds is 10. The Labute approximate surface area is 393 Å². The van der Waals surface area contributed by atoms with Crippen molar-refractivity contribution in [3.05, 3.63) is 11.6 Å². The van der Waals surface area contributed by atoms with Crippen LogP contribution < -0.4 is 0 Å². The van der Waals surface area contributed by atoms with Crippen LogP contribution in [-0.2, 0) is 47.5 Å². The fraction of sp³-hybridized carbons (Fsp3) is 0.918. The molecule has 0 radical (unpaired) electrons. The Morgan fingerprint density at radius 2 is 1.37 bits per heavy atom. The van der Waals surface area contributed by atoms with Crippen molar-refractivity contribution in [2.24, 2.45) is 45.3 Å². The fourth-order valence-electron chi connectivity index (χ4n) is 15.1. The van der Waals surface area contributed by atoms with Crippen LogP contribution in [0.5, 0.6) is 0 Å². The van der Waals surface area contributed by atoms with Gasteiger partial charge < -0.3 is 78.7 Å². The average Bonchev–Trinajstić information content (AvgIpc) is 3.76. The van der Waals surface area contributed by atoms with Crippen molar-refractivity contribution < 1.29 is 88.3 Å². The third kappa shape index (κ3) is 8.65. The second-order valence-corrected chi connectivity index (χ2v) is 23.1. The molecule has 382 valence electrons. The van der Waals surface area contributed by atoms with Crippen LogP contribution in [0.3, 0.4) is 0 Å². The van der Waals surface area contributed by atoms with Gasteiger partial charge in [-0.25, -0.2) is 4.79 Å². The third-order valence-corrected chi connectivity index (χ3v) is 18.8. The summed E-state index contributed by atoms with van der Waals surface area (Å²) in [6.45, 7) is 17.4. The topological polar surface area (TPSA) is 270 Å². The molecule has 18 heteroatoms. The lowest BCUT2D eigenvalue weighted by Crippen LogP contribution is -2.68. The first kappa shape index (κ1) is 51.5. The molecule has 24 atom stereocenters. The Bertz CT molecular complexity index is 1840. The minimum atomic E-state index is -1.78. The number of cyclic esters (lactones) is 1. The van der Waals surface area contributed by atoms with Crippen LogP contribution in [0.25, 0.3) is 0 Å². The monoisotopic (exact) mass is 955 g/mol. The van der Waals surface area contributed by atoms with Crippen LogP contribution in [0.1, 0.15) is 120 Å². The average molecular weight is 955 g/mol. The van der Waals surface area contributed by atoms with Gasteiger partial charge in [0.1, 0.15) is 73.8 Å². The molecule has 8 aliphatic rings. The molecule has 4 heterocycles. The highest BCUT2D eigenvalue weighted by Crippen LogP contribution is 2.76. The zero-order valence-electron chi connectivity index (χ0n) is 40.6. The van der Waals surface area contributed by atoms with Crippen molar-refractivity contribution in [2.45, 2.75) is 224 Å². The molecule has 0 unspecified atom stereocenters. The summed E-state index contributed by atoms with van der Waals surface area (Å²) >= 11 is 0. The number of fused-ring (bicyclic) bond motifs is 5. The Balaban J connectivity index is 1.07. The summed E-state index contributed by atoms with van der Waals surface area (Å²) in [5.74, 6) is -0.695. The lowest BCUT2D eigenvalue weighted by Gasteiger charge is -2.70. The molecule has 0 aromatic heterocycles. The molecule has 18 nitrogen and oxygen atoms in total. The third-order valence-electron chi connectivity index (χ3n) is 18.8. The van der Waals surface area contributed by atoms with Gasteiger partial charge in [-0.3, -0.25) is 4.79 Å². The van der Waals surface area contributed by atoms with E-state index >= 15 is 0 Å². The summed E-state index contributed by atoms with van der Waals surface area (Å²) < 4.78 is 48.7. The second-order valence-electron chi connectivity index (χ2n) is 23.1. The highest BCUT2D eigenvalue weighted by atomic mass is 16.8. The molecular formula is C49H78O18.